The lowest BCUT2D eigenvalue weighted by molar-refractivity contribution is -0.119. The summed E-state index contributed by atoms with van der Waals surface area (Å²) < 4.78 is 5.16. The van der Waals surface area contributed by atoms with Crippen LogP contribution in [0.15, 0.2) is 48.5 Å². The third-order valence-corrected chi connectivity index (χ3v) is 3.44. The maximum atomic E-state index is 11.9. The molecule has 1 amide bonds. The molecule has 0 aliphatic carbocycles. The van der Waals surface area contributed by atoms with Crippen LogP contribution in [-0.4, -0.2) is 19.6 Å². The Balaban J connectivity index is 1.77. The Morgan fingerprint density at radius 1 is 1.09 bits per heavy atom. The normalized spacial score (nSPS) is 10.1. The summed E-state index contributed by atoms with van der Waals surface area (Å²) in [6, 6.07) is 15.8. The third kappa shape index (κ3) is 4.81. The minimum Gasteiger partial charge on any atom is -0.497 e. The van der Waals surface area contributed by atoms with Crippen LogP contribution in [0.25, 0.3) is 0 Å². The molecule has 0 radical (unpaired) electrons. The number of hydrogen-bond donors (Lipinski definition) is 2. The smallest absolute Gasteiger partial charge is 0.239 e. The van der Waals surface area contributed by atoms with Gasteiger partial charge in [0.05, 0.1) is 13.7 Å². The number of rotatable bonds is 7. The number of anilines is 1. The van der Waals surface area contributed by atoms with Gasteiger partial charge in [0.2, 0.25) is 5.91 Å². The molecule has 116 valence electrons. The van der Waals surface area contributed by atoms with Gasteiger partial charge in [-0.1, -0.05) is 31.2 Å². The molecule has 0 aliphatic heterocycles. The molecule has 4 heteroatoms. The molecular weight excluding hydrogens is 276 g/mol. The largest absolute Gasteiger partial charge is 0.497 e. The van der Waals surface area contributed by atoms with E-state index in [9.17, 15) is 4.79 Å². The van der Waals surface area contributed by atoms with Gasteiger partial charge in [0, 0.05) is 12.2 Å². The maximum Gasteiger partial charge on any atom is 0.239 e. The molecular formula is C18H22N2O2. The minimum atomic E-state index is -0.0395. The first kappa shape index (κ1) is 15.9. The average molecular weight is 298 g/mol. The number of hydrogen-bond acceptors (Lipinski definition) is 3. The maximum absolute atomic E-state index is 11.9. The molecule has 0 saturated heterocycles. The summed E-state index contributed by atoms with van der Waals surface area (Å²) in [5, 5.41) is 6.00. The Bertz CT molecular complexity index is 609. The van der Waals surface area contributed by atoms with Crippen LogP contribution in [0.4, 0.5) is 5.69 Å². The summed E-state index contributed by atoms with van der Waals surface area (Å²) in [5.41, 5.74) is 3.25. The van der Waals surface area contributed by atoms with Gasteiger partial charge in [-0.2, -0.15) is 0 Å². The Kier molecular flexibility index (Phi) is 5.83. The fourth-order valence-electron chi connectivity index (χ4n) is 2.09. The summed E-state index contributed by atoms with van der Waals surface area (Å²) in [7, 11) is 1.63. The highest BCUT2D eigenvalue weighted by atomic mass is 16.5. The van der Waals surface area contributed by atoms with Crippen LogP contribution in [-0.2, 0) is 17.8 Å². The van der Waals surface area contributed by atoms with E-state index in [-0.39, 0.29) is 12.5 Å². The summed E-state index contributed by atoms with van der Waals surface area (Å²) >= 11 is 0. The number of benzene rings is 2. The Morgan fingerprint density at radius 3 is 2.55 bits per heavy atom. The van der Waals surface area contributed by atoms with Crippen molar-refractivity contribution in [2.24, 2.45) is 0 Å². The van der Waals surface area contributed by atoms with Crippen molar-refractivity contribution in [3.8, 4) is 5.75 Å². The summed E-state index contributed by atoms with van der Waals surface area (Å²) in [5.74, 6) is 0.753. The Labute approximate surface area is 131 Å². The SMILES string of the molecule is CCc1ccc(NCC(=O)NCc2cccc(OC)c2)cc1. The molecule has 0 aromatic heterocycles. The highest BCUT2D eigenvalue weighted by Crippen LogP contribution is 2.12. The highest BCUT2D eigenvalue weighted by Gasteiger charge is 2.02. The topological polar surface area (TPSA) is 50.4 Å². The Hall–Kier alpha value is -2.49. The number of carbonyl (C=O) groups excluding carboxylic acids is 1. The van der Waals surface area contributed by atoms with Gasteiger partial charge in [-0.3, -0.25) is 4.79 Å². The monoisotopic (exact) mass is 298 g/mol. The Morgan fingerprint density at radius 2 is 1.86 bits per heavy atom. The van der Waals surface area contributed by atoms with Crippen molar-refractivity contribution < 1.29 is 9.53 Å². The molecule has 2 rings (SSSR count). The minimum absolute atomic E-state index is 0.0395. The summed E-state index contributed by atoms with van der Waals surface area (Å²) in [4.78, 5) is 11.9. The molecule has 0 saturated carbocycles. The molecule has 0 unspecified atom stereocenters. The molecule has 2 N–H and O–H groups in total. The van der Waals surface area contributed by atoms with Crippen LogP contribution in [0.3, 0.4) is 0 Å². The van der Waals surface area contributed by atoms with Crippen LogP contribution >= 0.6 is 0 Å². The van der Waals surface area contributed by atoms with Crippen molar-refractivity contribution >= 4 is 11.6 Å². The standard InChI is InChI=1S/C18H22N2O2/c1-3-14-7-9-16(10-8-14)19-13-18(21)20-12-15-5-4-6-17(11-15)22-2/h4-11,19H,3,12-13H2,1-2H3,(H,20,21). The first-order chi connectivity index (χ1) is 10.7. The van der Waals surface area contributed by atoms with Gasteiger partial charge in [0.25, 0.3) is 0 Å². The van der Waals surface area contributed by atoms with Crippen molar-refractivity contribution in [1.82, 2.24) is 5.32 Å². The lowest BCUT2D eigenvalue weighted by Crippen LogP contribution is -2.29. The van der Waals surface area contributed by atoms with Gasteiger partial charge in [0.1, 0.15) is 5.75 Å². The second-order valence-electron chi connectivity index (χ2n) is 5.03. The molecule has 0 fully saturated rings. The predicted molar refractivity (Wildman–Crippen MR) is 89.2 cm³/mol. The zero-order valence-electron chi connectivity index (χ0n) is 13.1. The fraction of sp³-hybridized carbons (Fsp3) is 0.278. The van der Waals surface area contributed by atoms with Crippen molar-refractivity contribution in [2.75, 3.05) is 19.0 Å². The van der Waals surface area contributed by atoms with Gasteiger partial charge in [-0.15, -0.1) is 0 Å². The van der Waals surface area contributed by atoms with Crippen LogP contribution in [0, 0.1) is 0 Å². The van der Waals surface area contributed by atoms with E-state index in [2.05, 4.69) is 29.7 Å². The van der Waals surface area contributed by atoms with Crippen molar-refractivity contribution in [2.45, 2.75) is 19.9 Å². The van der Waals surface area contributed by atoms with Crippen LogP contribution in [0.5, 0.6) is 5.75 Å². The van der Waals surface area contributed by atoms with Crippen molar-refractivity contribution in [3.63, 3.8) is 0 Å². The van der Waals surface area contributed by atoms with E-state index < -0.39 is 0 Å². The van der Waals surface area contributed by atoms with E-state index in [4.69, 9.17) is 4.74 Å². The van der Waals surface area contributed by atoms with Gasteiger partial charge >= 0.3 is 0 Å². The lowest BCUT2D eigenvalue weighted by Gasteiger charge is -2.09. The molecule has 4 nitrogen and oxygen atoms in total. The fourth-order valence-corrected chi connectivity index (χ4v) is 2.09. The van der Waals surface area contributed by atoms with Crippen molar-refractivity contribution in [1.29, 1.82) is 0 Å². The van der Waals surface area contributed by atoms with E-state index in [0.717, 1.165) is 23.4 Å². The number of methoxy groups -OCH3 is 1. The van der Waals surface area contributed by atoms with Crippen molar-refractivity contribution in [3.05, 3.63) is 59.7 Å². The first-order valence-corrected chi connectivity index (χ1v) is 7.43. The molecule has 0 spiro atoms. The van der Waals surface area contributed by atoms with Gasteiger partial charge < -0.3 is 15.4 Å². The van der Waals surface area contributed by atoms with Gasteiger partial charge in [-0.05, 0) is 41.8 Å². The molecule has 0 bridgehead atoms. The number of ether oxygens (including phenoxy) is 1. The zero-order chi connectivity index (χ0) is 15.8. The van der Waals surface area contributed by atoms with E-state index in [0.29, 0.717) is 6.54 Å². The van der Waals surface area contributed by atoms with Crippen LogP contribution in [0.1, 0.15) is 18.1 Å². The zero-order valence-corrected chi connectivity index (χ0v) is 13.1. The predicted octanol–water partition coefficient (Wildman–Crippen LogP) is 2.99. The second kappa shape index (κ2) is 8.08. The number of amides is 1. The number of aryl methyl sites for hydroxylation is 1. The summed E-state index contributed by atoms with van der Waals surface area (Å²) in [6.45, 7) is 2.87. The lowest BCUT2D eigenvalue weighted by atomic mass is 10.1. The van der Waals surface area contributed by atoms with Gasteiger partial charge in [0.15, 0.2) is 0 Å². The molecule has 0 heterocycles. The number of carbonyl (C=O) groups is 1. The van der Waals surface area contributed by atoms with Crippen LogP contribution in [0.2, 0.25) is 0 Å². The molecule has 0 atom stereocenters. The average Bonchev–Trinajstić information content (AvgIpc) is 2.58. The van der Waals surface area contributed by atoms with E-state index in [1.54, 1.807) is 7.11 Å². The molecule has 22 heavy (non-hydrogen) atoms. The summed E-state index contributed by atoms with van der Waals surface area (Å²) in [6.07, 6.45) is 1.02. The van der Waals surface area contributed by atoms with Crippen LogP contribution < -0.4 is 15.4 Å². The van der Waals surface area contributed by atoms with E-state index in [1.165, 1.54) is 5.56 Å². The molecule has 2 aromatic rings. The second-order valence-corrected chi connectivity index (χ2v) is 5.03. The highest BCUT2D eigenvalue weighted by molar-refractivity contribution is 5.80. The molecule has 0 aliphatic rings. The van der Waals surface area contributed by atoms with E-state index in [1.807, 2.05) is 36.4 Å². The molecule has 2 aromatic carbocycles. The first-order valence-electron chi connectivity index (χ1n) is 7.43. The quantitative estimate of drug-likeness (QED) is 0.826. The van der Waals surface area contributed by atoms with E-state index >= 15 is 0 Å². The van der Waals surface area contributed by atoms with Gasteiger partial charge in [-0.25, -0.2) is 0 Å². The third-order valence-electron chi connectivity index (χ3n) is 3.44. The number of nitrogens with one attached hydrogen (secondary N) is 2.